The van der Waals surface area contributed by atoms with Gasteiger partial charge in [0.2, 0.25) is 0 Å². The van der Waals surface area contributed by atoms with Gasteiger partial charge in [0, 0.05) is 5.54 Å². The highest BCUT2D eigenvalue weighted by molar-refractivity contribution is 5.36. The number of hydrogen-bond acceptors (Lipinski definition) is 2. The normalized spacial score (nSPS) is 20.9. The molecule has 0 amide bonds. The highest BCUT2D eigenvalue weighted by Gasteiger charge is 2.40. The molecule has 1 aromatic rings. The number of benzene rings is 1. The van der Waals surface area contributed by atoms with Crippen LogP contribution in [0.2, 0.25) is 0 Å². The van der Waals surface area contributed by atoms with Crippen LogP contribution in [-0.2, 0) is 11.7 Å². The molecule has 0 bridgehead atoms. The summed E-state index contributed by atoms with van der Waals surface area (Å²) >= 11 is 0. The van der Waals surface area contributed by atoms with Crippen molar-refractivity contribution in [3.05, 3.63) is 35.4 Å². The van der Waals surface area contributed by atoms with Crippen molar-refractivity contribution in [3.63, 3.8) is 0 Å². The first-order valence-corrected chi connectivity index (χ1v) is 5.97. The Hall–Kier alpha value is -1.07. The zero-order chi connectivity index (χ0) is 13.4. The zero-order valence-corrected chi connectivity index (χ0v) is 10.3. The Labute approximate surface area is 105 Å². The molecule has 0 unspecified atom stereocenters. The third-order valence-corrected chi connectivity index (χ3v) is 3.65. The summed E-state index contributed by atoms with van der Waals surface area (Å²) in [6.45, 7) is 1.45. The van der Waals surface area contributed by atoms with Gasteiger partial charge in [-0.2, -0.15) is 13.2 Å². The molecule has 18 heavy (non-hydrogen) atoms. The van der Waals surface area contributed by atoms with E-state index in [1.165, 1.54) is 12.1 Å². The molecular weight excluding hydrogens is 241 g/mol. The number of hydrogen-bond donors (Lipinski definition) is 1. The molecule has 0 spiro atoms. The van der Waals surface area contributed by atoms with E-state index >= 15 is 0 Å². The molecule has 1 heterocycles. The molecule has 1 fully saturated rings. The third kappa shape index (κ3) is 2.52. The molecule has 2 N–H and O–H groups in total. The van der Waals surface area contributed by atoms with Crippen LogP contribution in [0, 0.1) is 0 Å². The standard InChI is InChI=1S/C13H17F3N2/c1-18-8-6-12(17,7-9-18)10-4-2-3-5-11(10)13(14,15)16/h2-5H,6-9,17H2,1H3. The monoisotopic (exact) mass is 258 g/mol. The molecule has 100 valence electrons. The van der Waals surface area contributed by atoms with Gasteiger partial charge in [-0.3, -0.25) is 0 Å². The summed E-state index contributed by atoms with van der Waals surface area (Å²) in [6, 6.07) is 5.65. The summed E-state index contributed by atoms with van der Waals surface area (Å²) in [5.74, 6) is 0. The fourth-order valence-corrected chi connectivity index (χ4v) is 2.45. The van der Waals surface area contributed by atoms with Crippen molar-refractivity contribution in [2.45, 2.75) is 24.6 Å². The third-order valence-electron chi connectivity index (χ3n) is 3.65. The van der Waals surface area contributed by atoms with Crippen LogP contribution in [0.25, 0.3) is 0 Å². The molecule has 1 aliphatic heterocycles. The average molecular weight is 258 g/mol. The summed E-state index contributed by atoms with van der Waals surface area (Å²) < 4.78 is 39.0. The molecule has 5 heteroatoms. The van der Waals surface area contributed by atoms with Crippen molar-refractivity contribution in [1.82, 2.24) is 4.90 Å². The predicted octanol–water partition coefficient (Wildman–Crippen LogP) is 2.59. The van der Waals surface area contributed by atoms with E-state index in [0.29, 0.717) is 12.8 Å². The zero-order valence-electron chi connectivity index (χ0n) is 10.3. The molecule has 1 aromatic carbocycles. The predicted molar refractivity (Wildman–Crippen MR) is 64.0 cm³/mol. The maximum absolute atomic E-state index is 13.0. The first-order valence-electron chi connectivity index (χ1n) is 5.97. The topological polar surface area (TPSA) is 29.3 Å². The van der Waals surface area contributed by atoms with E-state index in [1.54, 1.807) is 6.07 Å². The van der Waals surface area contributed by atoms with Crippen LogP contribution in [0.4, 0.5) is 13.2 Å². The highest BCUT2D eigenvalue weighted by atomic mass is 19.4. The van der Waals surface area contributed by atoms with Crippen molar-refractivity contribution >= 4 is 0 Å². The van der Waals surface area contributed by atoms with E-state index in [4.69, 9.17) is 5.73 Å². The van der Waals surface area contributed by atoms with E-state index in [0.717, 1.165) is 19.2 Å². The minimum absolute atomic E-state index is 0.227. The Balaban J connectivity index is 2.39. The van der Waals surface area contributed by atoms with Crippen molar-refractivity contribution in [2.75, 3.05) is 20.1 Å². The Bertz CT molecular complexity index is 420. The van der Waals surface area contributed by atoms with Gasteiger partial charge in [0.15, 0.2) is 0 Å². The van der Waals surface area contributed by atoms with Gasteiger partial charge >= 0.3 is 6.18 Å². The number of rotatable bonds is 1. The van der Waals surface area contributed by atoms with Gasteiger partial charge in [0.25, 0.3) is 0 Å². The molecule has 0 aliphatic carbocycles. The molecule has 0 radical (unpaired) electrons. The largest absolute Gasteiger partial charge is 0.416 e. The van der Waals surface area contributed by atoms with E-state index < -0.39 is 17.3 Å². The summed E-state index contributed by atoms with van der Waals surface area (Å²) in [6.07, 6.45) is -3.24. The minimum Gasteiger partial charge on any atom is -0.321 e. The SMILES string of the molecule is CN1CCC(N)(c2ccccc2C(F)(F)F)CC1. The van der Waals surface area contributed by atoms with Gasteiger partial charge in [-0.1, -0.05) is 18.2 Å². The van der Waals surface area contributed by atoms with E-state index in [1.807, 2.05) is 7.05 Å². The van der Waals surface area contributed by atoms with Gasteiger partial charge in [-0.15, -0.1) is 0 Å². The van der Waals surface area contributed by atoms with Crippen LogP contribution in [-0.4, -0.2) is 25.0 Å². The minimum atomic E-state index is -4.34. The first kappa shape index (κ1) is 13.4. The lowest BCUT2D eigenvalue weighted by Crippen LogP contribution is -2.47. The fraction of sp³-hybridized carbons (Fsp3) is 0.538. The lowest BCUT2D eigenvalue weighted by atomic mass is 9.79. The van der Waals surface area contributed by atoms with E-state index in [2.05, 4.69) is 4.90 Å². The second-order valence-corrected chi connectivity index (χ2v) is 5.00. The number of likely N-dealkylation sites (tertiary alicyclic amines) is 1. The molecule has 1 aliphatic rings. The smallest absolute Gasteiger partial charge is 0.321 e. The van der Waals surface area contributed by atoms with Crippen molar-refractivity contribution in [2.24, 2.45) is 5.73 Å². The second-order valence-electron chi connectivity index (χ2n) is 5.00. The van der Waals surface area contributed by atoms with Crippen LogP contribution in [0.3, 0.4) is 0 Å². The number of alkyl halides is 3. The summed E-state index contributed by atoms with van der Waals surface area (Å²) in [4.78, 5) is 2.08. The van der Waals surface area contributed by atoms with Gasteiger partial charge < -0.3 is 10.6 Å². The van der Waals surface area contributed by atoms with Crippen LogP contribution >= 0.6 is 0 Å². The molecule has 0 aromatic heterocycles. The summed E-state index contributed by atoms with van der Waals surface area (Å²) in [5.41, 5.74) is 4.98. The Kier molecular flexibility index (Phi) is 3.38. The quantitative estimate of drug-likeness (QED) is 0.839. The molecule has 0 saturated carbocycles. The lowest BCUT2D eigenvalue weighted by molar-refractivity contribution is -0.139. The van der Waals surface area contributed by atoms with Gasteiger partial charge in [-0.05, 0) is 44.6 Å². The van der Waals surface area contributed by atoms with Crippen LogP contribution in [0.1, 0.15) is 24.0 Å². The summed E-state index contributed by atoms with van der Waals surface area (Å²) in [7, 11) is 1.95. The lowest BCUT2D eigenvalue weighted by Gasteiger charge is -2.39. The molecular formula is C13H17F3N2. The van der Waals surface area contributed by atoms with Crippen LogP contribution in [0.15, 0.2) is 24.3 Å². The fourth-order valence-electron chi connectivity index (χ4n) is 2.45. The van der Waals surface area contributed by atoms with Crippen LogP contribution < -0.4 is 5.73 Å². The van der Waals surface area contributed by atoms with Gasteiger partial charge in [-0.25, -0.2) is 0 Å². The van der Waals surface area contributed by atoms with E-state index in [9.17, 15) is 13.2 Å². The highest BCUT2D eigenvalue weighted by Crippen LogP contribution is 2.39. The first-order chi connectivity index (χ1) is 8.33. The molecule has 2 nitrogen and oxygen atoms in total. The van der Waals surface area contributed by atoms with E-state index in [-0.39, 0.29) is 5.56 Å². The van der Waals surface area contributed by atoms with Crippen LogP contribution in [0.5, 0.6) is 0 Å². The molecule has 0 atom stereocenters. The molecule has 1 saturated heterocycles. The summed E-state index contributed by atoms with van der Waals surface area (Å²) in [5, 5.41) is 0. The molecule has 2 rings (SSSR count). The maximum Gasteiger partial charge on any atom is 0.416 e. The Morgan fingerprint density at radius 3 is 2.28 bits per heavy atom. The number of piperidine rings is 1. The number of nitrogens with two attached hydrogens (primary N) is 1. The maximum atomic E-state index is 13.0. The van der Waals surface area contributed by atoms with Crippen molar-refractivity contribution in [1.29, 1.82) is 0 Å². The average Bonchev–Trinajstić information content (AvgIpc) is 2.32. The second kappa shape index (κ2) is 4.55. The van der Waals surface area contributed by atoms with Crippen molar-refractivity contribution < 1.29 is 13.2 Å². The number of halogens is 3. The van der Waals surface area contributed by atoms with Crippen molar-refractivity contribution in [3.8, 4) is 0 Å². The Morgan fingerprint density at radius 2 is 1.72 bits per heavy atom. The van der Waals surface area contributed by atoms with Gasteiger partial charge in [0.1, 0.15) is 0 Å². The Morgan fingerprint density at radius 1 is 1.17 bits per heavy atom. The van der Waals surface area contributed by atoms with Gasteiger partial charge in [0.05, 0.1) is 5.56 Å². The number of nitrogens with zero attached hydrogens (tertiary/aromatic N) is 1.